The minimum absolute atomic E-state index is 0.0717. The molecular weight excluding hydrogens is 410 g/mol. The van der Waals surface area contributed by atoms with Crippen LogP contribution in [0.4, 0.5) is 0 Å². The molecule has 0 spiro atoms. The molecule has 3 aromatic heterocycles. The number of hydrogen-bond donors (Lipinski definition) is 0. The highest BCUT2D eigenvalue weighted by molar-refractivity contribution is 6.32. The van der Waals surface area contributed by atoms with Crippen molar-refractivity contribution in [3.63, 3.8) is 0 Å². The van der Waals surface area contributed by atoms with Gasteiger partial charge in [0.2, 0.25) is 5.78 Å². The molecule has 0 aliphatic carbocycles. The minimum Gasteiger partial charge on any atom is -0.466 e. The fraction of sp³-hybridized carbons (Fsp3) is 0.300. The van der Waals surface area contributed by atoms with Gasteiger partial charge in [-0.3, -0.25) is 27.7 Å². The van der Waals surface area contributed by atoms with E-state index in [9.17, 15) is 14.4 Å². The summed E-state index contributed by atoms with van der Waals surface area (Å²) in [5, 5.41) is 0.534. The molecule has 0 saturated heterocycles. The summed E-state index contributed by atoms with van der Waals surface area (Å²) < 4.78 is 10.7. The van der Waals surface area contributed by atoms with Gasteiger partial charge in [-0.2, -0.15) is 4.98 Å². The maximum atomic E-state index is 13.2. The van der Waals surface area contributed by atoms with Crippen molar-refractivity contribution in [1.82, 2.24) is 23.1 Å². The van der Waals surface area contributed by atoms with Gasteiger partial charge in [0.1, 0.15) is 0 Å². The first kappa shape index (κ1) is 20.0. The highest BCUT2D eigenvalue weighted by atomic mass is 35.5. The van der Waals surface area contributed by atoms with Crippen LogP contribution in [0.1, 0.15) is 19.0 Å². The Bertz CT molecular complexity index is 1410. The Kier molecular flexibility index (Phi) is 4.98. The molecule has 156 valence electrons. The Morgan fingerprint density at radius 2 is 1.97 bits per heavy atom. The summed E-state index contributed by atoms with van der Waals surface area (Å²) in [7, 11) is 1.55. The maximum Gasteiger partial charge on any atom is 0.332 e. The number of aryl methyl sites for hydroxylation is 2. The second-order valence-corrected chi connectivity index (χ2v) is 7.27. The normalized spacial score (nSPS) is 11.5. The third-order valence-electron chi connectivity index (χ3n) is 4.96. The quantitative estimate of drug-likeness (QED) is 0.453. The molecule has 0 N–H and O–H groups in total. The van der Waals surface area contributed by atoms with Crippen LogP contribution in [-0.4, -0.2) is 35.7 Å². The standard InChI is InChI=1S/C20H20ClN5O4/c1-4-30-15(27)9-10-24-18(28)16-17(23(3)20(24)29)22-19-25(16)11-12(2)26(19)14-8-6-5-7-13(14)21/h5-8,11H,4,9-10H2,1-3H3. The maximum absolute atomic E-state index is 13.2. The van der Waals surface area contributed by atoms with E-state index >= 15 is 0 Å². The van der Waals surface area contributed by atoms with Gasteiger partial charge in [-0.1, -0.05) is 23.7 Å². The van der Waals surface area contributed by atoms with E-state index in [4.69, 9.17) is 16.3 Å². The average molecular weight is 430 g/mol. The van der Waals surface area contributed by atoms with Crippen molar-refractivity contribution in [2.24, 2.45) is 7.05 Å². The number of benzene rings is 1. The van der Waals surface area contributed by atoms with Gasteiger partial charge in [0, 0.05) is 25.5 Å². The number of nitrogens with zero attached hydrogens (tertiary/aromatic N) is 5. The molecule has 0 aliphatic rings. The number of halogens is 1. The Balaban J connectivity index is 1.96. The molecule has 4 aromatic rings. The number of imidazole rings is 2. The lowest BCUT2D eigenvalue weighted by molar-refractivity contribution is -0.143. The molecule has 30 heavy (non-hydrogen) atoms. The predicted octanol–water partition coefficient (Wildman–Crippen LogP) is 2.05. The van der Waals surface area contributed by atoms with Crippen LogP contribution in [0.3, 0.4) is 0 Å². The van der Waals surface area contributed by atoms with Gasteiger partial charge in [0.05, 0.1) is 23.7 Å². The lowest BCUT2D eigenvalue weighted by Gasteiger charge is -2.08. The molecular formula is C20H20ClN5O4. The molecule has 0 unspecified atom stereocenters. The number of carbonyl (C=O) groups excluding carboxylic acids is 1. The van der Waals surface area contributed by atoms with Crippen molar-refractivity contribution in [1.29, 1.82) is 0 Å². The number of para-hydroxylation sites is 1. The van der Waals surface area contributed by atoms with E-state index in [0.29, 0.717) is 10.8 Å². The van der Waals surface area contributed by atoms with Crippen LogP contribution >= 0.6 is 11.6 Å². The van der Waals surface area contributed by atoms with Crippen LogP contribution in [0.5, 0.6) is 0 Å². The van der Waals surface area contributed by atoms with E-state index in [1.54, 1.807) is 30.6 Å². The summed E-state index contributed by atoms with van der Waals surface area (Å²) in [6.45, 7) is 3.75. The zero-order chi connectivity index (χ0) is 21.6. The van der Waals surface area contributed by atoms with Gasteiger partial charge in [-0.05, 0) is 26.0 Å². The highest BCUT2D eigenvalue weighted by Gasteiger charge is 2.21. The van der Waals surface area contributed by atoms with Crippen LogP contribution in [0.25, 0.3) is 22.6 Å². The number of ether oxygens (including phenoxy) is 1. The molecule has 0 saturated carbocycles. The topological polar surface area (TPSA) is 92.5 Å². The van der Waals surface area contributed by atoms with Crippen LogP contribution in [0.15, 0.2) is 40.1 Å². The van der Waals surface area contributed by atoms with Crippen molar-refractivity contribution in [3.8, 4) is 5.69 Å². The van der Waals surface area contributed by atoms with Gasteiger partial charge >= 0.3 is 11.7 Å². The third kappa shape index (κ3) is 3.02. The van der Waals surface area contributed by atoms with E-state index in [-0.39, 0.29) is 30.7 Å². The number of esters is 1. The molecule has 1 aromatic carbocycles. The molecule has 0 fully saturated rings. The van der Waals surface area contributed by atoms with Crippen molar-refractivity contribution in [2.75, 3.05) is 6.61 Å². The largest absolute Gasteiger partial charge is 0.466 e. The second kappa shape index (κ2) is 7.49. The van der Waals surface area contributed by atoms with Gasteiger partial charge in [-0.25, -0.2) is 4.79 Å². The number of hydrogen-bond acceptors (Lipinski definition) is 5. The molecule has 10 heteroatoms. The van der Waals surface area contributed by atoms with Crippen LogP contribution < -0.4 is 11.2 Å². The van der Waals surface area contributed by atoms with Crippen molar-refractivity contribution in [3.05, 3.63) is 62.0 Å². The molecule has 0 aliphatic heterocycles. The summed E-state index contributed by atoms with van der Waals surface area (Å²) in [6, 6.07) is 7.31. The zero-order valence-corrected chi connectivity index (χ0v) is 17.5. The monoisotopic (exact) mass is 429 g/mol. The lowest BCUT2D eigenvalue weighted by Crippen LogP contribution is -2.39. The van der Waals surface area contributed by atoms with Crippen molar-refractivity contribution in [2.45, 2.75) is 26.8 Å². The average Bonchev–Trinajstić information content (AvgIpc) is 3.22. The summed E-state index contributed by atoms with van der Waals surface area (Å²) in [5.74, 6) is -0.00320. The number of fused-ring (bicyclic) bond motifs is 3. The number of carbonyl (C=O) groups is 1. The number of aromatic nitrogens is 5. The van der Waals surface area contributed by atoms with Gasteiger partial charge in [-0.15, -0.1) is 0 Å². The Morgan fingerprint density at radius 3 is 2.67 bits per heavy atom. The third-order valence-corrected chi connectivity index (χ3v) is 5.28. The van der Waals surface area contributed by atoms with Crippen LogP contribution in [0, 0.1) is 6.92 Å². The first-order chi connectivity index (χ1) is 14.3. The highest BCUT2D eigenvalue weighted by Crippen LogP contribution is 2.26. The fourth-order valence-corrected chi connectivity index (χ4v) is 3.79. The first-order valence-corrected chi connectivity index (χ1v) is 9.83. The number of rotatable bonds is 5. The van der Waals surface area contributed by atoms with E-state index < -0.39 is 17.2 Å². The van der Waals surface area contributed by atoms with E-state index in [1.165, 1.54) is 4.57 Å². The SMILES string of the molecule is CCOC(=O)CCn1c(=O)c2c(nc3n(-c4ccccc4Cl)c(C)cn23)n(C)c1=O. The van der Waals surface area contributed by atoms with E-state index in [2.05, 4.69) is 4.98 Å². The first-order valence-electron chi connectivity index (χ1n) is 9.45. The summed E-state index contributed by atoms with van der Waals surface area (Å²) in [6.07, 6.45) is 1.70. The summed E-state index contributed by atoms with van der Waals surface area (Å²) in [5.41, 5.74) is 0.992. The molecule has 0 atom stereocenters. The minimum atomic E-state index is -0.543. The Labute approximate surface area is 175 Å². The van der Waals surface area contributed by atoms with Gasteiger partial charge in [0.25, 0.3) is 5.56 Å². The van der Waals surface area contributed by atoms with Gasteiger partial charge < -0.3 is 4.74 Å². The summed E-state index contributed by atoms with van der Waals surface area (Å²) in [4.78, 5) is 42.2. The fourth-order valence-electron chi connectivity index (χ4n) is 3.57. The molecule has 4 rings (SSSR count). The molecule has 0 amide bonds. The van der Waals surface area contributed by atoms with Crippen molar-refractivity contribution >= 4 is 34.5 Å². The molecule has 0 radical (unpaired) electrons. The Morgan fingerprint density at radius 1 is 1.23 bits per heavy atom. The molecule has 0 bridgehead atoms. The van der Waals surface area contributed by atoms with Crippen LogP contribution in [-0.2, 0) is 23.1 Å². The smallest absolute Gasteiger partial charge is 0.332 e. The van der Waals surface area contributed by atoms with Gasteiger partial charge in [0.15, 0.2) is 11.2 Å². The molecule has 9 nitrogen and oxygen atoms in total. The molecule has 3 heterocycles. The van der Waals surface area contributed by atoms with Crippen molar-refractivity contribution < 1.29 is 9.53 Å². The Hall–Kier alpha value is -3.33. The van der Waals surface area contributed by atoms with E-state index in [1.807, 2.05) is 29.7 Å². The lowest BCUT2D eigenvalue weighted by atomic mass is 10.3. The summed E-state index contributed by atoms with van der Waals surface area (Å²) >= 11 is 6.37. The van der Waals surface area contributed by atoms with E-state index in [0.717, 1.165) is 15.9 Å². The zero-order valence-electron chi connectivity index (χ0n) is 16.8. The predicted molar refractivity (Wildman–Crippen MR) is 113 cm³/mol. The second-order valence-electron chi connectivity index (χ2n) is 6.86. The van der Waals surface area contributed by atoms with Crippen LogP contribution in [0.2, 0.25) is 5.02 Å².